The highest BCUT2D eigenvalue weighted by Gasteiger charge is 2.18. The molecule has 0 fully saturated rings. The van der Waals surface area contributed by atoms with Crippen LogP contribution in [-0.2, 0) is 0 Å². The number of allylic oxidation sites excluding steroid dienone is 8. The van der Waals surface area contributed by atoms with E-state index in [9.17, 15) is 0 Å². The lowest BCUT2D eigenvalue weighted by Crippen LogP contribution is -2.05. The summed E-state index contributed by atoms with van der Waals surface area (Å²) in [5.74, 6) is 2.40. The van der Waals surface area contributed by atoms with Crippen molar-refractivity contribution in [1.29, 1.82) is 0 Å². The maximum Gasteiger partial charge on any atom is 0.164 e. The van der Waals surface area contributed by atoms with Gasteiger partial charge in [-0.05, 0) is 63.2 Å². The van der Waals surface area contributed by atoms with Crippen LogP contribution in [0.3, 0.4) is 0 Å². The van der Waals surface area contributed by atoms with Crippen LogP contribution in [0.5, 0.6) is 0 Å². The Morgan fingerprint density at radius 3 is 1.98 bits per heavy atom. The summed E-state index contributed by atoms with van der Waals surface area (Å²) in [6, 6.07) is 46.3. The molecule has 6 aromatic carbocycles. The lowest BCUT2D eigenvalue weighted by atomic mass is 9.84. The molecule has 0 radical (unpaired) electrons. The first-order valence-electron chi connectivity index (χ1n) is 17.4. The molecule has 0 amide bonds. The summed E-state index contributed by atoms with van der Waals surface area (Å²) in [5.41, 5.74) is 10.6. The fourth-order valence-corrected chi connectivity index (χ4v) is 7.38. The lowest BCUT2D eigenvalue weighted by molar-refractivity contribution is 0.669. The first-order valence-corrected chi connectivity index (χ1v) is 17.4. The molecule has 2 aliphatic rings. The summed E-state index contributed by atoms with van der Waals surface area (Å²) >= 11 is 0. The summed E-state index contributed by atoms with van der Waals surface area (Å²) in [6.45, 7) is 0. The minimum atomic E-state index is 0.475. The third-order valence-corrected chi connectivity index (χ3v) is 10.1. The number of hydrogen-bond donors (Lipinski definition) is 0. The highest BCUT2D eigenvalue weighted by atomic mass is 16.3. The molecular formula is C47H31N3O. The molecule has 0 spiro atoms. The van der Waals surface area contributed by atoms with Crippen molar-refractivity contribution in [3.63, 3.8) is 0 Å². The highest BCUT2D eigenvalue weighted by molar-refractivity contribution is 6.12. The zero-order chi connectivity index (χ0) is 33.7. The van der Waals surface area contributed by atoms with Gasteiger partial charge in [-0.25, -0.2) is 15.0 Å². The van der Waals surface area contributed by atoms with Crippen LogP contribution in [0.4, 0.5) is 0 Å². The monoisotopic (exact) mass is 653 g/mol. The maximum absolute atomic E-state index is 6.17. The van der Waals surface area contributed by atoms with Gasteiger partial charge >= 0.3 is 0 Å². The third kappa shape index (κ3) is 5.29. The Kier molecular flexibility index (Phi) is 6.91. The first kappa shape index (κ1) is 29.3. The van der Waals surface area contributed by atoms with Crippen molar-refractivity contribution in [2.45, 2.75) is 6.42 Å². The largest absolute Gasteiger partial charge is 0.456 e. The van der Waals surface area contributed by atoms with Crippen molar-refractivity contribution in [3.05, 3.63) is 181 Å². The van der Waals surface area contributed by atoms with Crippen LogP contribution in [0.1, 0.15) is 12.0 Å². The third-order valence-electron chi connectivity index (χ3n) is 10.1. The van der Waals surface area contributed by atoms with Crippen molar-refractivity contribution in [2.24, 2.45) is 5.92 Å². The average Bonchev–Trinajstić information content (AvgIpc) is 3.59. The molecule has 10 rings (SSSR count). The predicted octanol–water partition coefficient (Wildman–Crippen LogP) is 12.0. The van der Waals surface area contributed by atoms with E-state index in [4.69, 9.17) is 19.4 Å². The number of benzene rings is 6. The second kappa shape index (κ2) is 12.0. The number of furan rings is 1. The van der Waals surface area contributed by atoms with E-state index in [1.54, 1.807) is 0 Å². The number of rotatable bonds is 5. The Bertz CT molecular complexity index is 2760. The standard InChI is InChI=1S/C47H31N3O/c1-3-10-36-28-38(26-18-30(36)8-1)32-16-22-34(23-17-32)45-48-46(50-47(49-45)39-27-19-31-9-2-4-11-37(31)29-39)35-24-20-33(21-25-35)40-13-7-15-43-44(40)41-12-5-6-14-42(41)51-43/h1-17,19-30H,18H2. The summed E-state index contributed by atoms with van der Waals surface area (Å²) in [6.07, 6.45) is 14.4. The molecule has 0 N–H and O–H groups in total. The van der Waals surface area contributed by atoms with Crippen LogP contribution >= 0.6 is 0 Å². The average molecular weight is 654 g/mol. The van der Waals surface area contributed by atoms with Crippen LogP contribution in [-0.4, -0.2) is 15.0 Å². The summed E-state index contributed by atoms with van der Waals surface area (Å²) < 4.78 is 6.17. The van der Waals surface area contributed by atoms with Gasteiger partial charge < -0.3 is 4.42 Å². The number of hydrogen-bond acceptors (Lipinski definition) is 4. The topological polar surface area (TPSA) is 51.8 Å². The van der Waals surface area contributed by atoms with Crippen LogP contribution in [0, 0.1) is 5.92 Å². The van der Waals surface area contributed by atoms with E-state index in [0.717, 1.165) is 61.6 Å². The molecule has 1 atom stereocenters. The molecule has 0 saturated carbocycles. The Morgan fingerprint density at radius 1 is 0.529 bits per heavy atom. The molecule has 4 nitrogen and oxygen atoms in total. The van der Waals surface area contributed by atoms with Gasteiger partial charge in [0.1, 0.15) is 11.2 Å². The predicted molar refractivity (Wildman–Crippen MR) is 209 cm³/mol. The SMILES string of the molecule is C1=CC2=CC(c3ccc(-c4nc(-c5ccc(-c6cccc7oc8ccccc8c67)cc5)nc(-c5ccc6ccccc6c5)n4)cc3)=CCC2C=C1. The minimum Gasteiger partial charge on any atom is -0.456 e. The first-order chi connectivity index (χ1) is 25.2. The van der Waals surface area contributed by atoms with Gasteiger partial charge in [-0.2, -0.15) is 0 Å². The molecule has 8 aromatic rings. The van der Waals surface area contributed by atoms with E-state index in [1.165, 1.54) is 22.1 Å². The van der Waals surface area contributed by atoms with E-state index >= 15 is 0 Å². The number of aromatic nitrogens is 3. The van der Waals surface area contributed by atoms with Gasteiger partial charge in [0.15, 0.2) is 17.5 Å². The Labute approximate surface area is 295 Å². The molecule has 1 unspecified atom stereocenters. The van der Waals surface area contributed by atoms with Gasteiger partial charge in [0, 0.05) is 33.4 Å². The molecule has 4 heteroatoms. The molecule has 0 aliphatic heterocycles. The quantitative estimate of drug-likeness (QED) is 0.185. The van der Waals surface area contributed by atoms with Gasteiger partial charge in [-0.1, -0.05) is 152 Å². The van der Waals surface area contributed by atoms with Crippen LogP contribution in [0.15, 0.2) is 180 Å². The van der Waals surface area contributed by atoms with E-state index in [1.807, 2.05) is 18.2 Å². The van der Waals surface area contributed by atoms with Crippen LogP contribution in [0.2, 0.25) is 0 Å². The Balaban J connectivity index is 1.05. The van der Waals surface area contributed by atoms with E-state index < -0.39 is 0 Å². The van der Waals surface area contributed by atoms with Crippen molar-refractivity contribution in [2.75, 3.05) is 0 Å². The molecule has 2 aromatic heterocycles. The van der Waals surface area contributed by atoms with Gasteiger partial charge in [0.05, 0.1) is 0 Å². The van der Waals surface area contributed by atoms with Gasteiger partial charge in [0.25, 0.3) is 0 Å². The molecule has 2 aliphatic carbocycles. The van der Waals surface area contributed by atoms with Crippen molar-refractivity contribution in [3.8, 4) is 45.3 Å². The minimum absolute atomic E-state index is 0.475. The molecule has 0 saturated heterocycles. The fraction of sp³-hybridized carbons (Fsp3) is 0.0426. The number of fused-ring (bicyclic) bond motifs is 5. The molecule has 0 bridgehead atoms. The van der Waals surface area contributed by atoms with Gasteiger partial charge in [0.2, 0.25) is 0 Å². The zero-order valence-electron chi connectivity index (χ0n) is 27.7. The van der Waals surface area contributed by atoms with Crippen LogP contribution in [0.25, 0.3) is 83.6 Å². The highest BCUT2D eigenvalue weighted by Crippen LogP contribution is 2.38. The van der Waals surface area contributed by atoms with Crippen molar-refractivity contribution >= 4 is 38.3 Å². The second-order valence-corrected chi connectivity index (χ2v) is 13.2. The smallest absolute Gasteiger partial charge is 0.164 e. The summed E-state index contributed by atoms with van der Waals surface area (Å²) in [5, 5.41) is 4.57. The second-order valence-electron chi connectivity index (χ2n) is 13.2. The van der Waals surface area contributed by atoms with Crippen molar-refractivity contribution < 1.29 is 4.42 Å². The molecule has 51 heavy (non-hydrogen) atoms. The Hall–Kier alpha value is -6.65. The van der Waals surface area contributed by atoms with E-state index in [-0.39, 0.29) is 0 Å². The Morgan fingerprint density at radius 2 is 1.18 bits per heavy atom. The maximum atomic E-state index is 6.17. The van der Waals surface area contributed by atoms with Crippen molar-refractivity contribution in [1.82, 2.24) is 15.0 Å². The zero-order valence-corrected chi connectivity index (χ0v) is 27.7. The normalized spacial score (nSPS) is 15.3. The van der Waals surface area contributed by atoms with E-state index in [0.29, 0.717) is 23.4 Å². The summed E-state index contributed by atoms with van der Waals surface area (Å²) in [7, 11) is 0. The molecular weight excluding hydrogens is 623 g/mol. The summed E-state index contributed by atoms with van der Waals surface area (Å²) in [4.78, 5) is 15.2. The molecule has 240 valence electrons. The molecule has 2 heterocycles. The number of nitrogens with zero attached hydrogens (tertiary/aromatic N) is 3. The van der Waals surface area contributed by atoms with Crippen LogP contribution < -0.4 is 0 Å². The lowest BCUT2D eigenvalue weighted by Gasteiger charge is -2.21. The van der Waals surface area contributed by atoms with E-state index in [2.05, 4.69) is 152 Å². The number of para-hydroxylation sites is 1. The fourth-order valence-electron chi connectivity index (χ4n) is 7.38. The van der Waals surface area contributed by atoms with Gasteiger partial charge in [-0.15, -0.1) is 0 Å². The van der Waals surface area contributed by atoms with Gasteiger partial charge in [-0.3, -0.25) is 0 Å².